The normalized spacial score (nSPS) is 16.9. The quantitative estimate of drug-likeness (QED) is 0.830. The second-order valence-corrected chi connectivity index (χ2v) is 4.18. The Balaban J connectivity index is 2.27. The molecule has 3 heteroatoms. The van der Waals surface area contributed by atoms with Gasteiger partial charge in [0, 0.05) is 5.54 Å². The van der Waals surface area contributed by atoms with Gasteiger partial charge in [-0.25, -0.2) is 0 Å². The Hall–Kier alpha value is -1.22. The Morgan fingerprint density at radius 3 is 2.31 bits per heavy atom. The zero-order valence-corrected chi connectivity index (χ0v) is 9.95. The van der Waals surface area contributed by atoms with Crippen LogP contribution in [0.15, 0.2) is 18.2 Å². The Morgan fingerprint density at radius 2 is 1.75 bits per heavy atom. The van der Waals surface area contributed by atoms with Gasteiger partial charge in [0.1, 0.15) is 0 Å². The molecule has 0 spiro atoms. The SMILES string of the molecule is CCOc1ccc(C2(N)CC2)cc1OCC. The van der Waals surface area contributed by atoms with Crippen molar-refractivity contribution >= 4 is 0 Å². The first-order valence-corrected chi connectivity index (χ1v) is 5.88. The molecule has 0 radical (unpaired) electrons. The Kier molecular flexibility index (Phi) is 3.06. The minimum absolute atomic E-state index is 0.114. The zero-order chi connectivity index (χ0) is 11.6. The standard InChI is InChI=1S/C13H19NO2/c1-3-15-11-6-5-10(13(14)7-8-13)9-12(11)16-4-2/h5-6,9H,3-4,7-8,14H2,1-2H3. The first-order chi connectivity index (χ1) is 7.69. The maximum Gasteiger partial charge on any atom is 0.161 e. The summed E-state index contributed by atoms with van der Waals surface area (Å²) >= 11 is 0. The first kappa shape index (κ1) is 11.3. The van der Waals surface area contributed by atoms with Crippen LogP contribution in [-0.2, 0) is 5.54 Å². The molecule has 0 unspecified atom stereocenters. The van der Waals surface area contributed by atoms with E-state index in [9.17, 15) is 0 Å². The molecule has 1 saturated carbocycles. The van der Waals surface area contributed by atoms with Crippen molar-refractivity contribution in [2.45, 2.75) is 32.2 Å². The fraction of sp³-hybridized carbons (Fsp3) is 0.538. The monoisotopic (exact) mass is 221 g/mol. The molecule has 2 rings (SSSR count). The summed E-state index contributed by atoms with van der Waals surface area (Å²) in [5.74, 6) is 1.61. The lowest BCUT2D eigenvalue weighted by molar-refractivity contribution is 0.287. The Morgan fingerprint density at radius 1 is 1.12 bits per heavy atom. The van der Waals surface area contributed by atoms with Crippen molar-refractivity contribution in [3.05, 3.63) is 23.8 Å². The molecule has 0 aliphatic heterocycles. The van der Waals surface area contributed by atoms with Gasteiger partial charge in [0.25, 0.3) is 0 Å². The van der Waals surface area contributed by atoms with E-state index in [0.29, 0.717) is 13.2 Å². The van der Waals surface area contributed by atoms with Gasteiger partial charge in [-0.1, -0.05) is 6.07 Å². The predicted molar refractivity (Wildman–Crippen MR) is 63.9 cm³/mol. The molecule has 1 aliphatic carbocycles. The van der Waals surface area contributed by atoms with Crippen molar-refractivity contribution in [1.82, 2.24) is 0 Å². The minimum atomic E-state index is -0.114. The lowest BCUT2D eigenvalue weighted by Crippen LogP contribution is -2.18. The van der Waals surface area contributed by atoms with E-state index in [0.717, 1.165) is 29.9 Å². The van der Waals surface area contributed by atoms with E-state index in [1.165, 1.54) is 0 Å². The highest BCUT2D eigenvalue weighted by molar-refractivity contribution is 5.46. The average molecular weight is 221 g/mol. The van der Waals surface area contributed by atoms with Crippen molar-refractivity contribution in [2.75, 3.05) is 13.2 Å². The van der Waals surface area contributed by atoms with Crippen LogP contribution in [0, 0.1) is 0 Å². The molecule has 0 heterocycles. The van der Waals surface area contributed by atoms with Gasteiger partial charge in [-0.3, -0.25) is 0 Å². The Labute approximate surface area is 96.5 Å². The Bertz CT molecular complexity index is 372. The van der Waals surface area contributed by atoms with Crippen molar-refractivity contribution in [1.29, 1.82) is 0 Å². The van der Waals surface area contributed by atoms with Crippen LogP contribution in [0.4, 0.5) is 0 Å². The highest BCUT2D eigenvalue weighted by Gasteiger charge is 2.40. The molecule has 88 valence electrons. The van der Waals surface area contributed by atoms with Crippen LogP contribution in [0.3, 0.4) is 0 Å². The van der Waals surface area contributed by atoms with Crippen molar-refractivity contribution in [3.8, 4) is 11.5 Å². The van der Waals surface area contributed by atoms with Gasteiger partial charge < -0.3 is 15.2 Å². The van der Waals surface area contributed by atoms with Crippen LogP contribution >= 0.6 is 0 Å². The molecule has 2 N–H and O–H groups in total. The third-order valence-electron chi connectivity index (χ3n) is 2.91. The molecular formula is C13H19NO2. The van der Waals surface area contributed by atoms with Gasteiger partial charge >= 0.3 is 0 Å². The van der Waals surface area contributed by atoms with Gasteiger partial charge in [0.15, 0.2) is 11.5 Å². The topological polar surface area (TPSA) is 44.5 Å². The number of nitrogens with two attached hydrogens (primary N) is 1. The van der Waals surface area contributed by atoms with Crippen molar-refractivity contribution in [2.24, 2.45) is 5.73 Å². The van der Waals surface area contributed by atoms with Crippen molar-refractivity contribution < 1.29 is 9.47 Å². The van der Waals surface area contributed by atoms with Crippen LogP contribution in [0.1, 0.15) is 32.3 Å². The number of hydrogen-bond donors (Lipinski definition) is 1. The first-order valence-electron chi connectivity index (χ1n) is 5.88. The van der Waals surface area contributed by atoms with Crippen molar-refractivity contribution in [3.63, 3.8) is 0 Å². The third-order valence-corrected chi connectivity index (χ3v) is 2.91. The fourth-order valence-corrected chi connectivity index (χ4v) is 1.78. The molecule has 0 bridgehead atoms. The number of rotatable bonds is 5. The average Bonchev–Trinajstić information content (AvgIpc) is 3.01. The van der Waals surface area contributed by atoms with Crippen LogP contribution in [-0.4, -0.2) is 13.2 Å². The van der Waals surface area contributed by atoms with E-state index in [4.69, 9.17) is 15.2 Å². The second kappa shape index (κ2) is 4.34. The molecule has 16 heavy (non-hydrogen) atoms. The van der Waals surface area contributed by atoms with E-state index in [-0.39, 0.29) is 5.54 Å². The highest BCUT2D eigenvalue weighted by atomic mass is 16.5. The highest BCUT2D eigenvalue weighted by Crippen LogP contribution is 2.45. The van der Waals surface area contributed by atoms with Crippen LogP contribution < -0.4 is 15.2 Å². The summed E-state index contributed by atoms with van der Waals surface area (Å²) in [5, 5.41) is 0. The maximum atomic E-state index is 6.16. The molecular weight excluding hydrogens is 202 g/mol. The molecule has 1 aromatic rings. The number of ether oxygens (including phenoxy) is 2. The summed E-state index contributed by atoms with van der Waals surface area (Å²) in [6.45, 7) is 5.22. The van der Waals surface area contributed by atoms with E-state index < -0.39 is 0 Å². The molecule has 0 saturated heterocycles. The smallest absolute Gasteiger partial charge is 0.161 e. The van der Waals surface area contributed by atoms with E-state index in [1.54, 1.807) is 0 Å². The second-order valence-electron chi connectivity index (χ2n) is 4.18. The number of benzene rings is 1. The third kappa shape index (κ3) is 2.14. The van der Waals surface area contributed by atoms with Gasteiger partial charge in [0.2, 0.25) is 0 Å². The molecule has 0 atom stereocenters. The summed E-state index contributed by atoms with van der Waals surface area (Å²) in [6, 6.07) is 6.01. The summed E-state index contributed by atoms with van der Waals surface area (Å²) in [7, 11) is 0. The van der Waals surface area contributed by atoms with Crippen LogP contribution in [0.25, 0.3) is 0 Å². The van der Waals surface area contributed by atoms with Gasteiger partial charge in [-0.05, 0) is 44.4 Å². The predicted octanol–water partition coefficient (Wildman–Crippen LogP) is 2.43. The molecule has 1 aromatic carbocycles. The molecule has 1 aliphatic rings. The van der Waals surface area contributed by atoms with Crippen LogP contribution in [0.2, 0.25) is 0 Å². The molecule has 0 amide bonds. The lowest BCUT2D eigenvalue weighted by Gasteiger charge is -2.15. The summed E-state index contributed by atoms with van der Waals surface area (Å²) in [6.07, 6.45) is 2.12. The van der Waals surface area contributed by atoms with Gasteiger partial charge in [-0.15, -0.1) is 0 Å². The fourth-order valence-electron chi connectivity index (χ4n) is 1.78. The zero-order valence-electron chi connectivity index (χ0n) is 9.95. The van der Waals surface area contributed by atoms with E-state index >= 15 is 0 Å². The number of hydrogen-bond acceptors (Lipinski definition) is 3. The summed E-state index contributed by atoms with van der Waals surface area (Å²) in [5.41, 5.74) is 7.20. The summed E-state index contributed by atoms with van der Waals surface area (Å²) < 4.78 is 11.1. The molecule has 1 fully saturated rings. The maximum absolute atomic E-state index is 6.16. The largest absolute Gasteiger partial charge is 0.490 e. The van der Waals surface area contributed by atoms with E-state index in [2.05, 4.69) is 0 Å². The molecule has 0 aromatic heterocycles. The minimum Gasteiger partial charge on any atom is -0.490 e. The van der Waals surface area contributed by atoms with Gasteiger partial charge in [-0.2, -0.15) is 0 Å². The summed E-state index contributed by atoms with van der Waals surface area (Å²) in [4.78, 5) is 0. The van der Waals surface area contributed by atoms with Crippen LogP contribution in [0.5, 0.6) is 11.5 Å². The van der Waals surface area contributed by atoms with E-state index in [1.807, 2.05) is 32.0 Å². The van der Waals surface area contributed by atoms with Gasteiger partial charge in [0.05, 0.1) is 13.2 Å². The lowest BCUT2D eigenvalue weighted by atomic mass is 10.1. The molecule has 3 nitrogen and oxygen atoms in total.